The minimum Gasteiger partial charge on any atom is -0.477 e. The fraction of sp³-hybridized carbons (Fsp3) is 0.583. The number of nitrogen functional groups attached to an aromatic ring is 1. The van der Waals surface area contributed by atoms with Crippen LogP contribution in [0.25, 0.3) is 0 Å². The average molecular weight is 241 g/mol. The molecule has 2 rings (SSSR count). The van der Waals surface area contributed by atoms with Crippen LogP contribution in [0.5, 0.6) is 5.88 Å². The maximum atomic E-state index is 5.80. The Morgan fingerprint density at radius 2 is 2.06 bits per heavy atom. The standard InChI is InChI=1S/C12H17ClN2O/c13-11-6-10(14)7-12(15-11)16-8-9-4-2-1-3-5-9/h6-7,9H,1-5,8H2,(H2,14,15). The van der Waals surface area contributed by atoms with Gasteiger partial charge in [-0.1, -0.05) is 30.9 Å². The molecule has 0 radical (unpaired) electrons. The van der Waals surface area contributed by atoms with E-state index in [0.717, 1.165) is 6.61 Å². The second kappa shape index (κ2) is 5.39. The predicted octanol–water partition coefficient (Wildman–Crippen LogP) is 3.28. The van der Waals surface area contributed by atoms with Crippen molar-refractivity contribution < 1.29 is 4.74 Å². The van der Waals surface area contributed by atoms with Gasteiger partial charge in [-0.2, -0.15) is 0 Å². The first-order chi connectivity index (χ1) is 7.74. The maximum absolute atomic E-state index is 5.80. The first-order valence-electron chi connectivity index (χ1n) is 5.80. The van der Waals surface area contributed by atoms with Crippen LogP contribution in [-0.2, 0) is 0 Å². The number of hydrogen-bond donors (Lipinski definition) is 1. The van der Waals surface area contributed by atoms with E-state index in [1.807, 2.05) is 0 Å². The van der Waals surface area contributed by atoms with Crippen LogP contribution in [0.15, 0.2) is 12.1 Å². The average Bonchev–Trinajstić information content (AvgIpc) is 2.27. The molecular formula is C12H17ClN2O. The van der Waals surface area contributed by atoms with Crippen molar-refractivity contribution in [2.75, 3.05) is 12.3 Å². The molecule has 0 spiro atoms. The molecule has 0 aromatic carbocycles. The van der Waals surface area contributed by atoms with Gasteiger partial charge in [-0.15, -0.1) is 0 Å². The highest BCUT2D eigenvalue weighted by Gasteiger charge is 2.14. The molecule has 2 N–H and O–H groups in total. The molecule has 0 aliphatic heterocycles. The number of anilines is 1. The number of pyridine rings is 1. The lowest BCUT2D eigenvalue weighted by Gasteiger charge is -2.21. The molecule has 3 nitrogen and oxygen atoms in total. The quantitative estimate of drug-likeness (QED) is 0.825. The Morgan fingerprint density at radius 1 is 1.31 bits per heavy atom. The van der Waals surface area contributed by atoms with E-state index in [0.29, 0.717) is 22.6 Å². The lowest BCUT2D eigenvalue weighted by atomic mass is 9.90. The Balaban J connectivity index is 1.88. The number of hydrogen-bond acceptors (Lipinski definition) is 3. The molecule has 0 unspecified atom stereocenters. The number of nitrogens with zero attached hydrogens (tertiary/aromatic N) is 1. The molecular weight excluding hydrogens is 224 g/mol. The molecule has 1 fully saturated rings. The van der Waals surface area contributed by atoms with E-state index in [2.05, 4.69) is 4.98 Å². The number of halogens is 1. The summed E-state index contributed by atoms with van der Waals surface area (Å²) in [5, 5.41) is 0.388. The van der Waals surface area contributed by atoms with E-state index >= 15 is 0 Å². The van der Waals surface area contributed by atoms with E-state index in [-0.39, 0.29) is 0 Å². The van der Waals surface area contributed by atoms with Crippen molar-refractivity contribution in [1.29, 1.82) is 0 Å². The first kappa shape index (κ1) is 11.5. The lowest BCUT2D eigenvalue weighted by molar-refractivity contribution is 0.203. The van der Waals surface area contributed by atoms with Crippen molar-refractivity contribution in [2.24, 2.45) is 5.92 Å². The second-order valence-corrected chi connectivity index (χ2v) is 4.76. The van der Waals surface area contributed by atoms with Gasteiger partial charge in [0.1, 0.15) is 5.15 Å². The third-order valence-corrected chi connectivity index (χ3v) is 3.18. The minimum atomic E-state index is 0.388. The van der Waals surface area contributed by atoms with Crippen LogP contribution in [0.2, 0.25) is 5.15 Å². The Bertz CT molecular complexity index is 331. The molecule has 1 aliphatic carbocycles. The van der Waals surface area contributed by atoms with E-state index in [4.69, 9.17) is 22.1 Å². The highest BCUT2D eigenvalue weighted by molar-refractivity contribution is 6.29. The molecule has 88 valence electrons. The van der Waals surface area contributed by atoms with E-state index in [1.165, 1.54) is 32.1 Å². The summed E-state index contributed by atoms with van der Waals surface area (Å²) < 4.78 is 5.63. The monoisotopic (exact) mass is 240 g/mol. The van der Waals surface area contributed by atoms with Crippen molar-refractivity contribution in [1.82, 2.24) is 4.98 Å². The largest absolute Gasteiger partial charge is 0.477 e. The minimum absolute atomic E-state index is 0.388. The van der Waals surface area contributed by atoms with Gasteiger partial charge in [0.25, 0.3) is 0 Å². The SMILES string of the molecule is Nc1cc(Cl)nc(OCC2CCCCC2)c1. The van der Waals surface area contributed by atoms with E-state index < -0.39 is 0 Å². The van der Waals surface area contributed by atoms with Gasteiger partial charge in [0.2, 0.25) is 5.88 Å². The van der Waals surface area contributed by atoms with Gasteiger partial charge >= 0.3 is 0 Å². The van der Waals surface area contributed by atoms with Crippen LogP contribution in [0, 0.1) is 5.92 Å². The third-order valence-electron chi connectivity index (χ3n) is 2.98. The van der Waals surface area contributed by atoms with Gasteiger partial charge in [-0.25, -0.2) is 4.98 Å². The molecule has 1 aromatic rings. The normalized spacial score (nSPS) is 17.3. The summed E-state index contributed by atoms with van der Waals surface area (Å²) >= 11 is 5.80. The van der Waals surface area contributed by atoms with Crippen molar-refractivity contribution >= 4 is 17.3 Å². The molecule has 1 aromatic heterocycles. The maximum Gasteiger partial charge on any atom is 0.216 e. The van der Waals surface area contributed by atoms with Crippen molar-refractivity contribution in [3.8, 4) is 5.88 Å². The molecule has 4 heteroatoms. The number of rotatable bonds is 3. The predicted molar refractivity (Wildman–Crippen MR) is 65.7 cm³/mol. The van der Waals surface area contributed by atoms with Gasteiger partial charge in [0.15, 0.2) is 0 Å². The van der Waals surface area contributed by atoms with E-state index in [9.17, 15) is 0 Å². The van der Waals surface area contributed by atoms with Gasteiger partial charge in [0, 0.05) is 11.8 Å². The Kier molecular flexibility index (Phi) is 3.88. The number of aromatic nitrogens is 1. The van der Waals surface area contributed by atoms with Crippen LogP contribution in [0.4, 0.5) is 5.69 Å². The topological polar surface area (TPSA) is 48.1 Å². The first-order valence-corrected chi connectivity index (χ1v) is 6.18. The molecule has 16 heavy (non-hydrogen) atoms. The summed E-state index contributed by atoms with van der Waals surface area (Å²) in [7, 11) is 0. The zero-order chi connectivity index (χ0) is 11.4. The highest BCUT2D eigenvalue weighted by Crippen LogP contribution is 2.25. The van der Waals surface area contributed by atoms with Gasteiger partial charge in [0.05, 0.1) is 6.61 Å². The van der Waals surface area contributed by atoms with Crippen molar-refractivity contribution in [2.45, 2.75) is 32.1 Å². The Labute approximate surface area is 101 Å². The Hall–Kier alpha value is -0.960. The zero-order valence-electron chi connectivity index (χ0n) is 9.29. The van der Waals surface area contributed by atoms with E-state index in [1.54, 1.807) is 12.1 Å². The summed E-state index contributed by atoms with van der Waals surface area (Å²) in [6.07, 6.45) is 6.52. The number of nitrogens with two attached hydrogens (primary N) is 1. The molecule has 0 bridgehead atoms. The molecule has 1 heterocycles. The summed E-state index contributed by atoms with van der Waals surface area (Å²) in [6.45, 7) is 0.729. The van der Waals surface area contributed by atoms with Crippen LogP contribution < -0.4 is 10.5 Å². The Morgan fingerprint density at radius 3 is 2.75 bits per heavy atom. The van der Waals surface area contributed by atoms with Gasteiger partial charge < -0.3 is 10.5 Å². The smallest absolute Gasteiger partial charge is 0.216 e. The lowest BCUT2D eigenvalue weighted by Crippen LogP contribution is -2.15. The molecule has 0 atom stereocenters. The molecule has 0 saturated heterocycles. The number of ether oxygens (including phenoxy) is 1. The summed E-state index contributed by atoms with van der Waals surface area (Å²) in [5.41, 5.74) is 6.26. The van der Waals surface area contributed by atoms with Crippen LogP contribution >= 0.6 is 11.6 Å². The summed E-state index contributed by atoms with van der Waals surface area (Å²) in [6, 6.07) is 3.34. The third kappa shape index (κ3) is 3.27. The molecule has 1 aliphatic rings. The summed E-state index contributed by atoms with van der Waals surface area (Å²) in [4.78, 5) is 4.08. The van der Waals surface area contributed by atoms with Crippen LogP contribution in [0.1, 0.15) is 32.1 Å². The fourth-order valence-electron chi connectivity index (χ4n) is 2.12. The second-order valence-electron chi connectivity index (χ2n) is 4.38. The van der Waals surface area contributed by atoms with Crippen LogP contribution in [-0.4, -0.2) is 11.6 Å². The van der Waals surface area contributed by atoms with Crippen molar-refractivity contribution in [3.63, 3.8) is 0 Å². The summed E-state index contributed by atoms with van der Waals surface area (Å²) in [5.74, 6) is 1.20. The van der Waals surface area contributed by atoms with Gasteiger partial charge in [-0.05, 0) is 24.8 Å². The molecule has 1 saturated carbocycles. The molecule has 0 amide bonds. The zero-order valence-corrected chi connectivity index (χ0v) is 10.0. The van der Waals surface area contributed by atoms with Crippen molar-refractivity contribution in [3.05, 3.63) is 17.3 Å². The van der Waals surface area contributed by atoms with Gasteiger partial charge in [-0.3, -0.25) is 0 Å². The fourth-order valence-corrected chi connectivity index (χ4v) is 2.33. The highest BCUT2D eigenvalue weighted by atomic mass is 35.5. The van der Waals surface area contributed by atoms with Crippen LogP contribution in [0.3, 0.4) is 0 Å².